The SMILES string of the molecule is CCCN(C)CCC.CN(C)c1ccccc1.CN1CCCC1.CN1CCCCC1.CN1CCOCC1.CN1CC[N-]CC1.Cc1ccncc1.Cn1ccnc1.[Y]. The Morgan fingerprint density at radius 2 is 1.07 bits per heavy atom. The maximum atomic E-state index is 5.10. The van der Waals surface area contributed by atoms with Gasteiger partial charge in [0.25, 0.3) is 0 Å². The topological polar surface area (TPSA) is 73.5 Å². The number of aryl methyl sites for hydroxylation is 2. The summed E-state index contributed by atoms with van der Waals surface area (Å²) in [5.41, 5.74) is 2.51. The van der Waals surface area contributed by atoms with Gasteiger partial charge in [-0.05, 0) is 163 Å². The van der Waals surface area contributed by atoms with E-state index >= 15 is 0 Å². The normalized spacial score (nSPS) is 16.6. The van der Waals surface area contributed by atoms with Gasteiger partial charge in [-0.15, -0.1) is 13.1 Å². The molecule has 7 rings (SSSR count). The van der Waals surface area contributed by atoms with Gasteiger partial charge in [0.05, 0.1) is 19.5 Å². The van der Waals surface area contributed by atoms with Crippen molar-refractivity contribution in [3.05, 3.63) is 84.5 Å². The van der Waals surface area contributed by atoms with Crippen molar-refractivity contribution in [2.24, 2.45) is 7.05 Å². The monoisotopic (exact) mass is 885 g/mol. The molecule has 1 aromatic carbocycles. The van der Waals surface area contributed by atoms with Gasteiger partial charge in [0, 0.05) is 97.4 Å². The van der Waals surface area contributed by atoms with Gasteiger partial charge in [-0.2, -0.15) is 0 Å². The number of piperidine rings is 1. The molecule has 6 heterocycles. The average Bonchev–Trinajstić information content (AvgIpc) is 3.92. The van der Waals surface area contributed by atoms with Crippen LogP contribution in [0.2, 0.25) is 0 Å². The Morgan fingerprint density at radius 3 is 1.31 bits per heavy atom. The minimum Gasteiger partial charge on any atom is -0.660 e. The first-order chi connectivity index (χ1) is 27.5. The van der Waals surface area contributed by atoms with Gasteiger partial charge in [0.1, 0.15) is 0 Å². The van der Waals surface area contributed by atoms with Crippen LogP contribution in [0.4, 0.5) is 5.69 Å². The smallest absolute Gasteiger partial charge is 0.0943 e. The molecule has 0 aliphatic carbocycles. The van der Waals surface area contributed by atoms with Gasteiger partial charge in [-0.1, -0.05) is 38.5 Å². The number of pyridine rings is 1. The van der Waals surface area contributed by atoms with Crippen LogP contribution in [0.25, 0.3) is 5.32 Å². The van der Waals surface area contributed by atoms with Crippen molar-refractivity contribution in [2.75, 3.05) is 146 Å². The van der Waals surface area contributed by atoms with Crippen LogP contribution in [-0.2, 0) is 44.5 Å². The van der Waals surface area contributed by atoms with Crippen LogP contribution in [0.5, 0.6) is 0 Å². The number of imidazole rings is 1. The van der Waals surface area contributed by atoms with E-state index in [9.17, 15) is 0 Å². The van der Waals surface area contributed by atoms with Gasteiger partial charge in [-0.3, -0.25) is 4.98 Å². The number of nitrogens with zero attached hydrogens (tertiary/aromatic N) is 10. The minimum absolute atomic E-state index is 0. The summed E-state index contributed by atoms with van der Waals surface area (Å²) in [7, 11) is 16.8. The zero-order chi connectivity index (χ0) is 42.4. The van der Waals surface area contributed by atoms with Crippen LogP contribution in [0, 0.1) is 6.92 Å². The fourth-order valence-corrected chi connectivity index (χ4v) is 5.64. The third-order valence-electron chi connectivity index (χ3n) is 9.39. The second-order valence-corrected chi connectivity index (χ2v) is 15.6. The number of aromatic nitrogens is 3. The summed E-state index contributed by atoms with van der Waals surface area (Å²) in [6.07, 6.45) is 18.6. The Hall–Kier alpha value is -1.80. The first-order valence-electron chi connectivity index (χ1n) is 21.6. The molecule has 0 saturated carbocycles. The molecular weight excluding hydrogens is 797 g/mol. The van der Waals surface area contributed by atoms with Crippen LogP contribution in [-0.4, -0.2) is 180 Å². The number of hydrogen-bond donors (Lipinski definition) is 0. The van der Waals surface area contributed by atoms with Gasteiger partial charge >= 0.3 is 0 Å². The molecule has 4 aliphatic heterocycles. The summed E-state index contributed by atoms with van der Waals surface area (Å²) in [5, 5.41) is 4.19. The number of piperazine rings is 1. The molecule has 11 nitrogen and oxygen atoms in total. The summed E-state index contributed by atoms with van der Waals surface area (Å²) in [5.74, 6) is 0. The van der Waals surface area contributed by atoms with Crippen molar-refractivity contribution >= 4 is 5.69 Å². The van der Waals surface area contributed by atoms with Gasteiger partial charge in [-0.25, -0.2) is 4.98 Å². The Bertz CT molecular complexity index is 1140. The van der Waals surface area contributed by atoms with Crippen molar-refractivity contribution < 1.29 is 37.4 Å². The molecule has 12 heteroatoms. The van der Waals surface area contributed by atoms with E-state index in [4.69, 9.17) is 4.74 Å². The predicted molar refractivity (Wildman–Crippen MR) is 248 cm³/mol. The van der Waals surface area contributed by atoms with Crippen molar-refractivity contribution in [1.29, 1.82) is 0 Å². The summed E-state index contributed by atoms with van der Waals surface area (Å²) >= 11 is 0. The van der Waals surface area contributed by atoms with E-state index in [1.807, 2.05) is 69.2 Å². The largest absolute Gasteiger partial charge is 0.660 e. The van der Waals surface area contributed by atoms with Crippen molar-refractivity contribution in [3.63, 3.8) is 0 Å². The second-order valence-electron chi connectivity index (χ2n) is 15.6. The number of anilines is 1. The molecule has 4 saturated heterocycles. The third-order valence-corrected chi connectivity index (χ3v) is 9.39. The summed E-state index contributed by atoms with van der Waals surface area (Å²) in [6, 6.07) is 14.2. The van der Waals surface area contributed by atoms with Gasteiger partial charge in [0.15, 0.2) is 0 Å². The Labute approximate surface area is 383 Å². The second kappa shape index (κ2) is 41.9. The standard InChI is InChI=1S/C8H11N.C7H17N.C6H7N.C6H13N.C5H11N2.C5H11NO.C5H11N.C4H6N2.Y/c1-9(2)8-6-4-3-5-7-8;1-4-6-8(3)7-5-2;1-6-2-4-7-5-3-6;1-7-5-3-2-4-6-7;1-7-4-2-6-3-5-7;1-6-2-4-7-5-3-6;1-6-4-2-3-5-6;1-6-3-2-5-4-6;/h3-7H,1-2H3;4-7H2,1-3H3;2-5H,1H3;2-6H2,1H3;2*2-5H2,1H3;2-5H2,1H3;2-4H,1H3;/q;;;;-1;;;;. The number of ether oxygens (including phenoxy) is 1. The Balaban J connectivity index is 0. The average molecular weight is 885 g/mol. The molecule has 0 bridgehead atoms. The van der Waals surface area contributed by atoms with Gasteiger partial charge < -0.3 is 44.0 Å². The molecule has 3 aromatic rings. The van der Waals surface area contributed by atoms with E-state index in [2.05, 4.69) is 106 Å². The zero-order valence-corrected chi connectivity index (χ0v) is 42.1. The molecule has 0 unspecified atom stereocenters. The first-order valence-corrected chi connectivity index (χ1v) is 21.6. The van der Waals surface area contributed by atoms with Crippen molar-refractivity contribution in [1.82, 2.24) is 39.0 Å². The van der Waals surface area contributed by atoms with Crippen LogP contribution in [0.3, 0.4) is 0 Å². The molecule has 0 spiro atoms. The predicted octanol–water partition coefficient (Wildman–Crippen LogP) is 7.37. The fourth-order valence-electron chi connectivity index (χ4n) is 5.64. The number of rotatable bonds is 5. The van der Waals surface area contributed by atoms with E-state index in [1.165, 1.54) is 95.5 Å². The fraction of sp³-hybridized carbons (Fsp3) is 0.696. The number of likely N-dealkylation sites (tertiary alicyclic amines) is 2. The maximum Gasteiger partial charge on any atom is 0.0943 e. The van der Waals surface area contributed by atoms with Crippen LogP contribution in [0.15, 0.2) is 73.6 Å². The Morgan fingerprint density at radius 1 is 0.603 bits per heavy atom. The molecule has 0 atom stereocenters. The number of para-hydroxylation sites is 1. The van der Waals surface area contributed by atoms with E-state index < -0.39 is 0 Å². The molecule has 0 amide bonds. The van der Waals surface area contributed by atoms with Crippen LogP contribution in [0.1, 0.15) is 64.4 Å². The van der Waals surface area contributed by atoms with E-state index in [0.717, 1.165) is 52.5 Å². The molecule has 0 N–H and O–H groups in total. The van der Waals surface area contributed by atoms with Gasteiger partial charge in [0.2, 0.25) is 0 Å². The first kappa shape index (κ1) is 58.3. The summed E-state index contributed by atoms with van der Waals surface area (Å²) in [6.45, 7) is 22.6. The van der Waals surface area contributed by atoms with E-state index in [0.29, 0.717) is 0 Å². The van der Waals surface area contributed by atoms with E-state index in [1.54, 1.807) is 24.9 Å². The number of benzene rings is 1. The number of morpholine rings is 1. The van der Waals surface area contributed by atoms with E-state index in [-0.39, 0.29) is 32.7 Å². The minimum atomic E-state index is 0. The van der Waals surface area contributed by atoms with Crippen molar-refractivity contribution in [3.8, 4) is 0 Å². The summed E-state index contributed by atoms with van der Waals surface area (Å²) in [4.78, 5) is 21.4. The molecular formula is C46H87N10OY-. The molecule has 2 aromatic heterocycles. The van der Waals surface area contributed by atoms with Crippen LogP contribution >= 0.6 is 0 Å². The molecule has 1 radical (unpaired) electrons. The molecule has 331 valence electrons. The van der Waals surface area contributed by atoms with Crippen molar-refractivity contribution in [2.45, 2.75) is 65.7 Å². The molecule has 4 aliphatic rings. The quantitative estimate of drug-likeness (QED) is 0.262. The van der Waals surface area contributed by atoms with Crippen LogP contribution < -0.4 is 4.90 Å². The number of hydrogen-bond acceptors (Lipinski definition) is 9. The zero-order valence-electron chi connectivity index (χ0n) is 39.2. The summed E-state index contributed by atoms with van der Waals surface area (Å²) < 4.78 is 6.99. The maximum absolute atomic E-state index is 5.10. The third kappa shape index (κ3) is 39.7. The Kier molecular flexibility index (Phi) is 42.1. The molecule has 58 heavy (non-hydrogen) atoms. The number of likely N-dealkylation sites (N-methyl/N-ethyl adjacent to an activating group) is 2. The molecule has 4 fully saturated rings.